The Morgan fingerprint density at radius 3 is 3.20 bits per heavy atom. The molecule has 0 radical (unpaired) electrons. The second-order valence-corrected chi connectivity index (χ2v) is 3.76. The van der Waals surface area contributed by atoms with Gasteiger partial charge in [-0.05, 0) is 15.9 Å². The van der Waals surface area contributed by atoms with Gasteiger partial charge in [0.2, 0.25) is 5.65 Å². The summed E-state index contributed by atoms with van der Waals surface area (Å²) in [6.07, 6.45) is 5.89. The van der Waals surface area contributed by atoms with Gasteiger partial charge in [0.15, 0.2) is 0 Å². The Balaban J connectivity index is 2.27. The van der Waals surface area contributed by atoms with E-state index < -0.39 is 0 Å². The number of halogens is 1. The summed E-state index contributed by atoms with van der Waals surface area (Å²) in [6, 6.07) is 0. The number of aliphatic hydroxyl groups is 1. The maximum atomic E-state index is 8.64. The maximum Gasteiger partial charge on any atom is 0.259 e. The minimum absolute atomic E-state index is 0.110. The van der Waals surface area contributed by atoms with Crippen LogP contribution in [0.25, 0.3) is 5.65 Å². The quantitative estimate of drug-likeness (QED) is 0.851. The highest BCUT2D eigenvalue weighted by atomic mass is 79.9. The van der Waals surface area contributed by atoms with Gasteiger partial charge in [0.1, 0.15) is 4.60 Å². The SMILES string of the molecule is OCCCOc1nc(Br)cn2ccnc12. The van der Waals surface area contributed by atoms with E-state index in [1.54, 1.807) is 12.4 Å². The van der Waals surface area contributed by atoms with Crippen LogP contribution in [0.1, 0.15) is 6.42 Å². The number of fused-ring (bicyclic) bond motifs is 1. The molecule has 0 fully saturated rings. The van der Waals surface area contributed by atoms with Crippen molar-refractivity contribution in [1.29, 1.82) is 0 Å². The second-order valence-electron chi connectivity index (χ2n) is 2.95. The van der Waals surface area contributed by atoms with Crippen molar-refractivity contribution >= 4 is 21.6 Å². The zero-order valence-electron chi connectivity index (χ0n) is 7.93. The minimum Gasteiger partial charge on any atom is -0.475 e. The van der Waals surface area contributed by atoms with E-state index in [4.69, 9.17) is 9.84 Å². The first-order valence-corrected chi connectivity index (χ1v) is 5.33. The molecule has 2 aromatic rings. The number of hydrogen-bond acceptors (Lipinski definition) is 4. The van der Waals surface area contributed by atoms with Gasteiger partial charge in [-0.3, -0.25) is 4.40 Å². The highest BCUT2D eigenvalue weighted by molar-refractivity contribution is 9.10. The molecular weight excluding hydrogens is 262 g/mol. The first-order chi connectivity index (χ1) is 7.31. The van der Waals surface area contributed by atoms with Crippen molar-refractivity contribution in [1.82, 2.24) is 14.4 Å². The molecule has 6 heteroatoms. The standard InChI is InChI=1S/C9H10BrN3O2/c10-7-6-13-3-2-11-8(13)9(12-7)15-5-1-4-14/h2-3,6,14H,1,4-5H2. The predicted octanol–water partition coefficient (Wildman–Crippen LogP) is 1.25. The van der Waals surface area contributed by atoms with Gasteiger partial charge < -0.3 is 9.84 Å². The number of hydrogen-bond donors (Lipinski definition) is 1. The average Bonchev–Trinajstić information content (AvgIpc) is 2.65. The lowest BCUT2D eigenvalue weighted by Crippen LogP contribution is -2.03. The lowest BCUT2D eigenvalue weighted by Gasteiger charge is -2.05. The van der Waals surface area contributed by atoms with Gasteiger partial charge in [0.25, 0.3) is 5.88 Å². The number of ether oxygens (including phenoxy) is 1. The molecule has 2 rings (SSSR count). The molecule has 2 aromatic heterocycles. The molecule has 1 N–H and O–H groups in total. The fraction of sp³-hybridized carbons (Fsp3) is 0.333. The Morgan fingerprint density at radius 1 is 1.53 bits per heavy atom. The summed E-state index contributed by atoms with van der Waals surface area (Å²) in [5.41, 5.74) is 0.677. The number of imidazole rings is 1. The Hall–Kier alpha value is -1.14. The zero-order valence-corrected chi connectivity index (χ0v) is 9.51. The molecular formula is C9H10BrN3O2. The molecule has 0 amide bonds. The van der Waals surface area contributed by atoms with E-state index in [9.17, 15) is 0 Å². The second kappa shape index (κ2) is 4.59. The van der Waals surface area contributed by atoms with Crippen LogP contribution in [0.4, 0.5) is 0 Å². The largest absolute Gasteiger partial charge is 0.475 e. The van der Waals surface area contributed by atoms with Crippen LogP contribution >= 0.6 is 15.9 Å². The molecule has 0 saturated carbocycles. The third-order valence-electron chi connectivity index (χ3n) is 1.86. The van der Waals surface area contributed by atoms with E-state index >= 15 is 0 Å². The molecule has 0 bridgehead atoms. The van der Waals surface area contributed by atoms with E-state index in [0.29, 0.717) is 29.2 Å². The van der Waals surface area contributed by atoms with Crippen LogP contribution in [-0.4, -0.2) is 32.7 Å². The van der Waals surface area contributed by atoms with Crippen LogP contribution in [0.15, 0.2) is 23.2 Å². The average molecular weight is 272 g/mol. The lowest BCUT2D eigenvalue weighted by atomic mass is 10.5. The number of rotatable bonds is 4. The zero-order chi connectivity index (χ0) is 10.7. The first-order valence-electron chi connectivity index (χ1n) is 4.54. The van der Waals surface area contributed by atoms with Crippen molar-refractivity contribution in [3.63, 3.8) is 0 Å². The molecule has 0 aliphatic rings. The van der Waals surface area contributed by atoms with E-state index in [0.717, 1.165) is 0 Å². The third kappa shape index (κ3) is 2.27. The Morgan fingerprint density at radius 2 is 2.40 bits per heavy atom. The summed E-state index contributed by atoms with van der Waals surface area (Å²) >= 11 is 3.29. The number of aromatic nitrogens is 3. The summed E-state index contributed by atoms with van der Waals surface area (Å²) in [5, 5.41) is 8.64. The molecule has 0 spiro atoms. The lowest BCUT2D eigenvalue weighted by molar-refractivity contribution is 0.230. The van der Waals surface area contributed by atoms with Crippen LogP contribution in [0.5, 0.6) is 5.88 Å². The van der Waals surface area contributed by atoms with Crippen molar-refractivity contribution in [3.05, 3.63) is 23.2 Å². The molecule has 0 aromatic carbocycles. The van der Waals surface area contributed by atoms with Crippen LogP contribution in [0.3, 0.4) is 0 Å². The van der Waals surface area contributed by atoms with Crippen LogP contribution < -0.4 is 4.74 Å². The Bertz CT molecular complexity index is 458. The monoisotopic (exact) mass is 271 g/mol. The summed E-state index contributed by atoms with van der Waals surface area (Å²) in [5.74, 6) is 0.475. The Kier molecular flexibility index (Phi) is 3.17. The van der Waals surface area contributed by atoms with Crippen LogP contribution in [-0.2, 0) is 0 Å². The maximum absolute atomic E-state index is 8.64. The molecule has 15 heavy (non-hydrogen) atoms. The van der Waals surface area contributed by atoms with Crippen LogP contribution in [0.2, 0.25) is 0 Å². The molecule has 0 saturated heterocycles. The van der Waals surface area contributed by atoms with E-state index in [1.807, 2.05) is 10.6 Å². The third-order valence-corrected chi connectivity index (χ3v) is 2.24. The Labute approximate surface area is 94.9 Å². The summed E-state index contributed by atoms with van der Waals surface area (Å²) in [4.78, 5) is 8.31. The van der Waals surface area contributed by atoms with Gasteiger partial charge in [-0.2, -0.15) is 0 Å². The van der Waals surface area contributed by atoms with Crippen molar-refractivity contribution in [2.45, 2.75) is 6.42 Å². The van der Waals surface area contributed by atoms with E-state index in [-0.39, 0.29) is 6.61 Å². The van der Waals surface area contributed by atoms with Gasteiger partial charge in [-0.25, -0.2) is 9.97 Å². The van der Waals surface area contributed by atoms with Gasteiger partial charge in [-0.1, -0.05) is 0 Å². The topological polar surface area (TPSA) is 59.7 Å². The van der Waals surface area contributed by atoms with Crippen molar-refractivity contribution in [2.75, 3.05) is 13.2 Å². The molecule has 0 aliphatic heterocycles. The molecule has 0 atom stereocenters. The van der Waals surface area contributed by atoms with Crippen molar-refractivity contribution < 1.29 is 9.84 Å². The van der Waals surface area contributed by atoms with Crippen LogP contribution in [0, 0.1) is 0 Å². The van der Waals surface area contributed by atoms with E-state index in [2.05, 4.69) is 25.9 Å². The van der Waals surface area contributed by atoms with Gasteiger partial charge in [-0.15, -0.1) is 0 Å². The first kappa shape index (κ1) is 10.4. The molecule has 5 nitrogen and oxygen atoms in total. The van der Waals surface area contributed by atoms with E-state index in [1.165, 1.54) is 0 Å². The van der Waals surface area contributed by atoms with Gasteiger partial charge in [0, 0.05) is 31.6 Å². The fourth-order valence-electron chi connectivity index (χ4n) is 1.20. The normalized spacial score (nSPS) is 10.8. The predicted molar refractivity (Wildman–Crippen MR) is 57.9 cm³/mol. The highest BCUT2D eigenvalue weighted by Gasteiger charge is 2.06. The summed E-state index contributed by atoms with van der Waals surface area (Å²) in [6.45, 7) is 0.543. The summed E-state index contributed by atoms with van der Waals surface area (Å²) in [7, 11) is 0. The van der Waals surface area contributed by atoms with Gasteiger partial charge >= 0.3 is 0 Å². The van der Waals surface area contributed by atoms with Gasteiger partial charge in [0.05, 0.1) is 6.61 Å². The van der Waals surface area contributed by atoms with Crippen molar-refractivity contribution in [2.24, 2.45) is 0 Å². The minimum atomic E-state index is 0.110. The molecule has 0 unspecified atom stereocenters. The molecule has 2 heterocycles. The van der Waals surface area contributed by atoms with Crippen molar-refractivity contribution in [3.8, 4) is 5.88 Å². The molecule has 0 aliphatic carbocycles. The number of aliphatic hydroxyl groups excluding tert-OH is 1. The molecule has 80 valence electrons. The fourth-order valence-corrected chi connectivity index (χ4v) is 1.59. The summed E-state index contributed by atoms with van der Waals surface area (Å²) < 4.78 is 7.93. The highest BCUT2D eigenvalue weighted by Crippen LogP contribution is 2.18. The smallest absolute Gasteiger partial charge is 0.259 e. The number of nitrogens with zero attached hydrogens (tertiary/aromatic N) is 3.